The molecule has 1 amide bonds. The molecule has 1 unspecified atom stereocenters. The molecule has 0 fully saturated rings. The first kappa shape index (κ1) is 17.0. The highest BCUT2D eigenvalue weighted by Crippen LogP contribution is 2.42. The van der Waals surface area contributed by atoms with Crippen molar-refractivity contribution in [3.63, 3.8) is 0 Å². The van der Waals surface area contributed by atoms with E-state index in [-0.39, 0.29) is 17.9 Å². The molecule has 3 nitrogen and oxygen atoms in total. The minimum atomic E-state index is -0.789. The number of carbonyl (C=O) groups is 1. The van der Waals surface area contributed by atoms with Gasteiger partial charge in [-0.2, -0.15) is 5.10 Å². The number of rotatable bonds is 4. The number of carbonyl (C=O) groups excluding carboxylic acids is 1. The van der Waals surface area contributed by atoms with Crippen molar-refractivity contribution >= 4 is 11.6 Å². The van der Waals surface area contributed by atoms with Gasteiger partial charge in [0.1, 0.15) is 17.2 Å². The molecule has 2 aromatic carbocycles. The van der Waals surface area contributed by atoms with Crippen LogP contribution < -0.4 is 0 Å². The van der Waals surface area contributed by atoms with Gasteiger partial charge in [0.25, 0.3) is 0 Å². The summed E-state index contributed by atoms with van der Waals surface area (Å²) in [4.78, 5) is 12.3. The Morgan fingerprint density at radius 3 is 2.64 bits per heavy atom. The van der Waals surface area contributed by atoms with Crippen LogP contribution in [0.5, 0.6) is 0 Å². The maximum absolute atomic E-state index is 14.2. The Morgan fingerprint density at radius 1 is 1.28 bits per heavy atom. The maximum Gasteiger partial charge on any atom is 0.240 e. The quantitative estimate of drug-likeness (QED) is 0.760. The van der Waals surface area contributed by atoms with Crippen LogP contribution in [0.15, 0.2) is 66.3 Å². The lowest BCUT2D eigenvalue weighted by Gasteiger charge is -2.35. The third-order valence-electron chi connectivity index (χ3n) is 4.42. The fourth-order valence-corrected chi connectivity index (χ4v) is 3.33. The SMILES string of the molecule is C=CCC1(c2ccccc2)CC(c2cc(F)ccc2F)=NN1C(C)=O. The average Bonchev–Trinajstić information content (AvgIpc) is 2.99. The van der Waals surface area contributed by atoms with E-state index >= 15 is 0 Å². The second-order valence-corrected chi connectivity index (χ2v) is 6.07. The third-order valence-corrected chi connectivity index (χ3v) is 4.42. The first-order chi connectivity index (χ1) is 12.0. The van der Waals surface area contributed by atoms with Crippen molar-refractivity contribution in [1.82, 2.24) is 5.01 Å². The zero-order valence-electron chi connectivity index (χ0n) is 13.9. The molecule has 0 bridgehead atoms. The molecule has 0 N–H and O–H groups in total. The molecule has 0 radical (unpaired) electrons. The van der Waals surface area contributed by atoms with Gasteiger partial charge in [-0.15, -0.1) is 6.58 Å². The zero-order valence-corrected chi connectivity index (χ0v) is 13.9. The lowest BCUT2D eigenvalue weighted by atomic mass is 9.81. The monoisotopic (exact) mass is 340 g/mol. The van der Waals surface area contributed by atoms with E-state index in [2.05, 4.69) is 11.7 Å². The van der Waals surface area contributed by atoms with Gasteiger partial charge >= 0.3 is 0 Å². The Kier molecular flexibility index (Phi) is 4.49. The lowest BCUT2D eigenvalue weighted by molar-refractivity contribution is -0.134. The first-order valence-electron chi connectivity index (χ1n) is 7.98. The molecule has 1 aliphatic heterocycles. The van der Waals surface area contributed by atoms with Gasteiger partial charge in [0.05, 0.1) is 5.71 Å². The summed E-state index contributed by atoms with van der Waals surface area (Å²) in [6.07, 6.45) is 2.44. The van der Waals surface area contributed by atoms with Crippen molar-refractivity contribution in [1.29, 1.82) is 0 Å². The molecule has 0 spiro atoms. The zero-order chi connectivity index (χ0) is 18.0. The summed E-state index contributed by atoms with van der Waals surface area (Å²) < 4.78 is 27.8. The highest BCUT2D eigenvalue weighted by atomic mass is 19.1. The Labute approximate surface area is 145 Å². The van der Waals surface area contributed by atoms with Crippen molar-refractivity contribution in [2.75, 3.05) is 0 Å². The van der Waals surface area contributed by atoms with Gasteiger partial charge in [0.2, 0.25) is 5.91 Å². The van der Waals surface area contributed by atoms with Crippen LogP contribution in [0.3, 0.4) is 0 Å². The van der Waals surface area contributed by atoms with Crippen LogP contribution in [-0.4, -0.2) is 16.6 Å². The Morgan fingerprint density at radius 2 is 2.00 bits per heavy atom. The van der Waals surface area contributed by atoms with Gasteiger partial charge in [-0.05, 0) is 30.2 Å². The van der Waals surface area contributed by atoms with Crippen LogP contribution in [-0.2, 0) is 10.3 Å². The molecule has 1 atom stereocenters. The van der Waals surface area contributed by atoms with E-state index < -0.39 is 17.2 Å². The number of hydrogen-bond acceptors (Lipinski definition) is 2. The fourth-order valence-electron chi connectivity index (χ4n) is 3.33. The van der Waals surface area contributed by atoms with E-state index in [1.54, 1.807) is 6.08 Å². The summed E-state index contributed by atoms with van der Waals surface area (Å²) in [5, 5.41) is 5.72. The number of amides is 1. The van der Waals surface area contributed by atoms with Crippen LogP contribution in [0.1, 0.15) is 30.9 Å². The minimum absolute atomic E-state index is 0.0770. The standard InChI is InChI=1S/C20H18F2N2O/c1-3-11-20(15-7-5-4-6-8-15)13-19(23-24(20)14(2)25)17-12-16(21)9-10-18(17)22/h3-10,12H,1,11,13H2,2H3. The highest BCUT2D eigenvalue weighted by molar-refractivity contribution is 6.04. The van der Waals surface area contributed by atoms with Gasteiger partial charge < -0.3 is 0 Å². The Balaban J connectivity index is 2.14. The summed E-state index contributed by atoms with van der Waals surface area (Å²) in [5.41, 5.74) is 0.509. The normalized spacial score (nSPS) is 19.6. The number of halogens is 2. The number of hydrazone groups is 1. The van der Waals surface area contributed by atoms with E-state index in [9.17, 15) is 13.6 Å². The van der Waals surface area contributed by atoms with Crippen LogP contribution in [0.2, 0.25) is 0 Å². The topological polar surface area (TPSA) is 32.7 Å². The predicted octanol–water partition coefficient (Wildman–Crippen LogP) is 4.39. The minimum Gasteiger partial charge on any atom is -0.273 e. The van der Waals surface area contributed by atoms with Crippen molar-refractivity contribution < 1.29 is 13.6 Å². The van der Waals surface area contributed by atoms with Gasteiger partial charge in [0, 0.05) is 18.9 Å². The van der Waals surface area contributed by atoms with E-state index in [1.807, 2.05) is 30.3 Å². The second kappa shape index (κ2) is 6.59. The maximum atomic E-state index is 14.2. The van der Waals surface area contributed by atoms with Crippen LogP contribution in [0.25, 0.3) is 0 Å². The largest absolute Gasteiger partial charge is 0.273 e. The molecule has 5 heteroatoms. The van der Waals surface area contributed by atoms with E-state index in [4.69, 9.17) is 0 Å². The number of nitrogens with zero attached hydrogens (tertiary/aromatic N) is 2. The summed E-state index contributed by atoms with van der Waals surface area (Å²) >= 11 is 0. The Bertz CT molecular complexity index is 848. The van der Waals surface area contributed by atoms with Gasteiger partial charge in [-0.25, -0.2) is 13.8 Å². The number of benzene rings is 2. The van der Waals surface area contributed by atoms with Crippen LogP contribution >= 0.6 is 0 Å². The van der Waals surface area contributed by atoms with Gasteiger partial charge in [0.15, 0.2) is 0 Å². The van der Waals surface area contributed by atoms with Crippen molar-refractivity contribution in [3.8, 4) is 0 Å². The smallest absolute Gasteiger partial charge is 0.240 e. The second-order valence-electron chi connectivity index (χ2n) is 6.07. The molecular weight excluding hydrogens is 322 g/mol. The molecule has 0 aromatic heterocycles. The molecule has 1 aliphatic rings. The van der Waals surface area contributed by atoms with E-state index in [0.29, 0.717) is 12.1 Å². The summed E-state index contributed by atoms with van der Waals surface area (Å²) in [5.74, 6) is -1.38. The molecule has 3 rings (SSSR count). The third kappa shape index (κ3) is 2.97. The molecule has 1 heterocycles. The van der Waals surface area contributed by atoms with Crippen LogP contribution in [0, 0.1) is 11.6 Å². The van der Waals surface area contributed by atoms with Crippen molar-refractivity contribution in [2.24, 2.45) is 5.10 Å². The molecule has 128 valence electrons. The predicted molar refractivity (Wildman–Crippen MR) is 93.0 cm³/mol. The van der Waals surface area contributed by atoms with Gasteiger partial charge in [-0.3, -0.25) is 4.79 Å². The van der Waals surface area contributed by atoms with Crippen LogP contribution in [0.4, 0.5) is 8.78 Å². The molecule has 2 aromatic rings. The molecule has 0 aliphatic carbocycles. The van der Waals surface area contributed by atoms with E-state index in [1.165, 1.54) is 11.9 Å². The molecule has 0 saturated heterocycles. The summed E-state index contributed by atoms with van der Waals surface area (Å²) in [6.45, 7) is 5.21. The summed E-state index contributed by atoms with van der Waals surface area (Å²) in [6, 6.07) is 12.7. The Hall–Kier alpha value is -2.82. The van der Waals surface area contributed by atoms with Crippen molar-refractivity contribution in [3.05, 3.63) is 83.9 Å². The summed E-state index contributed by atoms with van der Waals surface area (Å²) in [7, 11) is 0. The van der Waals surface area contributed by atoms with Gasteiger partial charge in [-0.1, -0.05) is 36.4 Å². The number of hydrogen-bond donors (Lipinski definition) is 0. The molecule has 25 heavy (non-hydrogen) atoms. The molecular formula is C20H18F2N2O. The van der Waals surface area contributed by atoms with E-state index in [0.717, 1.165) is 23.8 Å². The van der Waals surface area contributed by atoms with Crippen molar-refractivity contribution in [2.45, 2.75) is 25.3 Å². The lowest BCUT2D eigenvalue weighted by Crippen LogP contribution is -2.42. The first-order valence-corrected chi connectivity index (χ1v) is 7.98. The average molecular weight is 340 g/mol. The fraction of sp³-hybridized carbons (Fsp3) is 0.200. The highest BCUT2D eigenvalue weighted by Gasteiger charge is 2.46. The molecule has 0 saturated carbocycles.